The topological polar surface area (TPSA) is 76.2 Å². The zero-order chi connectivity index (χ0) is 19.9. The van der Waals surface area contributed by atoms with E-state index in [1.54, 1.807) is 48.3 Å². The van der Waals surface area contributed by atoms with Crippen molar-refractivity contribution in [1.82, 2.24) is 0 Å². The summed E-state index contributed by atoms with van der Waals surface area (Å²) in [4.78, 5) is 38.8. The van der Waals surface area contributed by atoms with E-state index in [1.165, 1.54) is 4.90 Å². The van der Waals surface area contributed by atoms with E-state index in [1.807, 2.05) is 18.2 Å². The number of hydrogen-bond donors (Lipinski definition) is 0. The van der Waals surface area contributed by atoms with E-state index in [9.17, 15) is 14.4 Å². The Hall–Kier alpha value is -3.35. The highest BCUT2D eigenvalue weighted by Gasteiger charge is 2.21. The summed E-state index contributed by atoms with van der Waals surface area (Å²) in [5, 5.41) is 0. The van der Waals surface area contributed by atoms with Crippen molar-refractivity contribution < 1.29 is 23.9 Å². The van der Waals surface area contributed by atoms with Crippen LogP contribution in [0.2, 0.25) is 0 Å². The van der Waals surface area contributed by atoms with Gasteiger partial charge < -0.3 is 19.3 Å². The number of anilines is 2. The lowest BCUT2D eigenvalue weighted by atomic mass is 10.3. The fourth-order valence-corrected chi connectivity index (χ4v) is 2.86. The van der Waals surface area contributed by atoms with Gasteiger partial charge in [-0.3, -0.25) is 9.59 Å². The highest BCUT2D eigenvalue weighted by atomic mass is 16.6. The fourth-order valence-electron chi connectivity index (χ4n) is 2.86. The zero-order valence-corrected chi connectivity index (χ0v) is 15.7. The van der Waals surface area contributed by atoms with Gasteiger partial charge in [0.15, 0.2) is 13.2 Å². The Kier molecular flexibility index (Phi) is 6.26. The zero-order valence-electron chi connectivity index (χ0n) is 15.7. The molecule has 0 saturated carbocycles. The summed E-state index contributed by atoms with van der Waals surface area (Å²) in [5.74, 6) is -0.366. The Morgan fingerprint density at radius 1 is 1.04 bits per heavy atom. The maximum atomic E-state index is 12.1. The van der Waals surface area contributed by atoms with Gasteiger partial charge in [-0.25, -0.2) is 4.79 Å². The predicted octanol–water partition coefficient (Wildman–Crippen LogP) is 2.40. The van der Waals surface area contributed by atoms with Crippen LogP contribution in [-0.4, -0.2) is 44.6 Å². The van der Waals surface area contributed by atoms with Crippen LogP contribution in [0.5, 0.6) is 5.75 Å². The summed E-state index contributed by atoms with van der Waals surface area (Å²) >= 11 is 0. The number of amides is 2. The molecular formula is C21H22N2O5. The quantitative estimate of drug-likeness (QED) is 0.688. The molecule has 1 aliphatic rings. The highest BCUT2D eigenvalue weighted by Crippen LogP contribution is 2.23. The third-order valence-corrected chi connectivity index (χ3v) is 4.45. The normalized spacial score (nSPS) is 13.3. The molecule has 3 rings (SSSR count). The number of carbonyl (C=O) groups excluding carboxylic acids is 3. The van der Waals surface area contributed by atoms with Gasteiger partial charge in [0.25, 0.3) is 5.91 Å². The number of esters is 1. The Morgan fingerprint density at radius 3 is 2.39 bits per heavy atom. The van der Waals surface area contributed by atoms with E-state index < -0.39 is 5.97 Å². The molecule has 0 aliphatic carbocycles. The summed E-state index contributed by atoms with van der Waals surface area (Å²) in [6, 6.07) is 16.0. The molecule has 0 aromatic heterocycles. The van der Waals surface area contributed by atoms with Crippen molar-refractivity contribution in [2.24, 2.45) is 0 Å². The number of ether oxygens (including phenoxy) is 2. The van der Waals surface area contributed by atoms with E-state index in [2.05, 4.69) is 0 Å². The maximum absolute atomic E-state index is 12.1. The molecular weight excluding hydrogens is 360 g/mol. The van der Waals surface area contributed by atoms with E-state index in [0.717, 1.165) is 24.3 Å². The number of carbonyl (C=O) groups is 3. The molecule has 28 heavy (non-hydrogen) atoms. The van der Waals surface area contributed by atoms with E-state index >= 15 is 0 Å². The summed E-state index contributed by atoms with van der Waals surface area (Å²) in [6.07, 6.45) is 1.43. The van der Waals surface area contributed by atoms with Gasteiger partial charge in [-0.15, -0.1) is 0 Å². The van der Waals surface area contributed by atoms with E-state index in [0.29, 0.717) is 12.2 Å². The molecule has 1 saturated heterocycles. The molecule has 0 unspecified atom stereocenters. The summed E-state index contributed by atoms with van der Waals surface area (Å²) in [7, 11) is 1.62. The van der Waals surface area contributed by atoms with Crippen LogP contribution in [-0.2, 0) is 19.1 Å². The van der Waals surface area contributed by atoms with Crippen molar-refractivity contribution in [1.29, 1.82) is 0 Å². The molecule has 146 valence electrons. The molecule has 7 heteroatoms. The Labute approximate surface area is 163 Å². The van der Waals surface area contributed by atoms with Gasteiger partial charge >= 0.3 is 5.97 Å². The average molecular weight is 382 g/mol. The van der Waals surface area contributed by atoms with Gasteiger partial charge in [-0.05, 0) is 42.8 Å². The summed E-state index contributed by atoms with van der Waals surface area (Å²) in [5.41, 5.74) is 1.53. The Balaban J connectivity index is 1.43. The minimum absolute atomic E-state index is 0.113. The average Bonchev–Trinajstić information content (AvgIpc) is 3.16. The molecule has 2 aromatic carbocycles. The molecule has 0 spiro atoms. The molecule has 0 bridgehead atoms. The monoisotopic (exact) mass is 382 g/mol. The molecule has 2 aromatic rings. The molecule has 1 heterocycles. The number of benzene rings is 2. The second-order valence-electron chi connectivity index (χ2n) is 6.38. The Bertz CT molecular complexity index is 836. The minimum atomic E-state index is -0.631. The van der Waals surface area contributed by atoms with Gasteiger partial charge in [0.05, 0.1) is 0 Å². The van der Waals surface area contributed by atoms with Gasteiger partial charge in [0, 0.05) is 31.4 Å². The predicted molar refractivity (Wildman–Crippen MR) is 104 cm³/mol. The van der Waals surface area contributed by atoms with Crippen LogP contribution < -0.4 is 14.5 Å². The van der Waals surface area contributed by atoms with Gasteiger partial charge in [0.2, 0.25) is 5.91 Å². The number of hydrogen-bond acceptors (Lipinski definition) is 5. The van der Waals surface area contributed by atoms with E-state index in [-0.39, 0.29) is 25.0 Å². The van der Waals surface area contributed by atoms with Crippen LogP contribution in [0, 0.1) is 0 Å². The fraction of sp³-hybridized carbons (Fsp3) is 0.286. The first-order valence-electron chi connectivity index (χ1n) is 9.05. The van der Waals surface area contributed by atoms with Gasteiger partial charge in [-0.2, -0.15) is 0 Å². The van der Waals surface area contributed by atoms with Crippen molar-refractivity contribution >= 4 is 29.2 Å². The van der Waals surface area contributed by atoms with Crippen LogP contribution in [0.15, 0.2) is 54.6 Å². The van der Waals surface area contributed by atoms with E-state index in [4.69, 9.17) is 9.47 Å². The van der Waals surface area contributed by atoms with Crippen LogP contribution in [0.3, 0.4) is 0 Å². The van der Waals surface area contributed by atoms with Crippen molar-refractivity contribution in [2.75, 3.05) is 36.6 Å². The molecule has 1 fully saturated rings. The van der Waals surface area contributed by atoms with Crippen molar-refractivity contribution in [3.63, 3.8) is 0 Å². The second kappa shape index (κ2) is 9.03. The number of para-hydroxylation sites is 1. The molecule has 2 amide bonds. The smallest absolute Gasteiger partial charge is 0.344 e. The van der Waals surface area contributed by atoms with Crippen molar-refractivity contribution in [3.8, 4) is 5.75 Å². The molecule has 0 atom stereocenters. The second-order valence-corrected chi connectivity index (χ2v) is 6.38. The van der Waals surface area contributed by atoms with Crippen molar-refractivity contribution in [2.45, 2.75) is 12.8 Å². The lowest BCUT2D eigenvalue weighted by molar-refractivity contribution is -0.149. The summed E-state index contributed by atoms with van der Waals surface area (Å²) < 4.78 is 10.4. The first-order valence-corrected chi connectivity index (χ1v) is 9.05. The lowest BCUT2D eigenvalue weighted by Crippen LogP contribution is -2.31. The van der Waals surface area contributed by atoms with Gasteiger partial charge in [-0.1, -0.05) is 18.2 Å². The van der Waals surface area contributed by atoms with Crippen LogP contribution in [0.25, 0.3) is 0 Å². The molecule has 0 N–H and O–H groups in total. The first kappa shape index (κ1) is 19.4. The third-order valence-electron chi connectivity index (χ3n) is 4.45. The molecule has 0 radical (unpaired) electrons. The number of rotatable bonds is 7. The largest absolute Gasteiger partial charge is 0.482 e. The lowest BCUT2D eigenvalue weighted by Gasteiger charge is -2.17. The third kappa shape index (κ3) is 4.88. The van der Waals surface area contributed by atoms with Crippen LogP contribution >= 0.6 is 0 Å². The Morgan fingerprint density at radius 2 is 1.75 bits per heavy atom. The molecule has 7 nitrogen and oxygen atoms in total. The number of nitrogens with zero attached hydrogens (tertiary/aromatic N) is 2. The summed E-state index contributed by atoms with van der Waals surface area (Å²) in [6.45, 7) is 0.0603. The SMILES string of the molecule is CN(C(=O)COC(=O)COc1ccc(N2CCCC2=O)cc1)c1ccccc1. The highest BCUT2D eigenvalue weighted by molar-refractivity contribution is 5.95. The molecule has 1 aliphatic heterocycles. The number of likely N-dealkylation sites (N-methyl/N-ethyl adjacent to an activating group) is 1. The first-order chi connectivity index (χ1) is 13.5. The minimum Gasteiger partial charge on any atom is -0.482 e. The van der Waals surface area contributed by atoms with Crippen LogP contribution in [0.1, 0.15) is 12.8 Å². The van der Waals surface area contributed by atoms with Crippen LogP contribution in [0.4, 0.5) is 11.4 Å². The van der Waals surface area contributed by atoms with Crippen molar-refractivity contribution in [3.05, 3.63) is 54.6 Å². The standard InChI is InChI=1S/C21H22N2O5/c1-22(16-6-3-2-4-7-16)20(25)14-28-21(26)15-27-18-11-9-17(10-12-18)23-13-5-8-19(23)24/h2-4,6-7,9-12H,5,8,13-15H2,1H3. The maximum Gasteiger partial charge on any atom is 0.344 e. The van der Waals surface area contributed by atoms with Gasteiger partial charge in [0.1, 0.15) is 5.75 Å².